The van der Waals surface area contributed by atoms with Crippen LogP contribution in [0.4, 0.5) is 5.82 Å². The van der Waals surface area contributed by atoms with E-state index in [0.29, 0.717) is 46.0 Å². The van der Waals surface area contributed by atoms with Crippen molar-refractivity contribution in [2.45, 2.75) is 25.9 Å². The number of hydrogen-bond donors (Lipinski definition) is 1. The summed E-state index contributed by atoms with van der Waals surface area (Å²) in [4.78, 5) is 32.8. The summed E-state index contributed by atoms with van der Waals surface area (Å²) >= 11 is 6.53. The Bertz CT molecular complexity index is 1110. The Morgan fingerprint density at radius 2 is 2.29 bits per heavy atom. The molecule has 0 saturated carbocycles. The van der Waals surface area contributed by atoms with Gasteiger partial charge < -0.3 is 14.8 Å². The molecule has 2 aliphatic rings. The van der Waals surface area contributed by atoms with Gasteiger partial charge in [0.2, 0.25) is 0 Å². The number of rotatable bonds is 7. The molecule has 31 heavy (non-hydrogen) atoms. The maximum atomic E-state index is 13.3. The maximum absolute atomic E-state index is 13.3. The Morgan fingerprint density at radius 3 is 3.03 bits per heavy atom. The highest BCUT2D eigenvalue weighted by molar-refractivity contribution is 8.26. The Labute approximate surface area is 189 Å². The molecule has 0 spiro atoms. The molecule has 0 aromatic carbocycles. The van der Waals surface area contributed by atoms with Gasteiger partial charge in [-0.15, -0.1) is 0 Å². The second-order valence-corrected chi connectivity index (χ2v) is 9.08. The monoisotopic (exact) mass is 460 g/mol. The van der Waals surface area contributed by atoms with Crippen LogP contribution in [0, 0.1) is 6.92 Å². The number of anilines is 1. The van der Waals surface area contributed by atoms with E-state index in [4.69, 9.17) is 26.7 Å². The van der Waals surface area contributed by atoms with Gasteiger partial charge in [-0.2, -0.15) is 0 Å². The largest absolute Gasteiger partial charge is 0.383 e. The lowest BCUT2D eigenvalue weighted by Gasteiger charge is -2.15. The molecule has 1 N–H and O–H groups in total. The van der Waals surface area contributed by atoms with Crippen molar-refractivity contribution < 1.29 is 14.3 Å². The first-order valence-corrected chi connectivity index (χ1v) is 11.3. The van der Waals surface area contributed by atoms with Crippen LogP contribution in [0.15, 0.2) is 28.0 Å². The first-order valence-electron chi connectivity index (χ1n) is 10.1. The number of carbonyl (C=O) groups is 1. The van der Waals surface area contributed by atoms with E-state index in [1.165, 1.54) is 21.1 Å². The minimum Gasteiger partial charge on any atom is -0.383 e. The van der Waals surface area contributed by atoms with Gasteiger partial charge in [-0.1, -0.05) is 30.0 Å². The molecule has 1 atom stereocenters. The van der Waals surface area contributed by atoms with Crippen LogP contribution < -0.4 is 10.9 Å². The van der Waals surface area contributed by atoms with Crippen molar-refractivity contribution in [1.29, 1.82) is 0 Å². The lowest BCUT2D eigenvalue weighted by Crippen LogP contribution is -2.31. The molecule has 164 valence electrons. The van der Waals surface area contributed by atoms with Gasteiger partial charge in [0.05, 0.1) is 29.7 Å². The number of nitrogens with one attached hydrogen (secondary N) is 1. The van der Waals surface area contributed by atoms with Crippen molar-refractivity contribution in [2.24, 2.45) is 0 Å². The smallest absolute Gasteiger partial charge is 0.267 e. The molecule has 10 heteroatoms. The van der Waals surface area contributed by atoms with E-state index >= 15 is 0 Å². The van der Waals surface area contributed by atoms with Crippen LogP contribution in [0.3, 0.4) is 0 Å². The number of ether oxygens (including phenoxy) is 2. The zero-order valence-electron chi connectivity index (χ0n) is 17.4. The highest BCUT2D eigenvalue weighted by atomic mass is 32.2. The van der Waals surface area contributed by atoms with E-state index in [1.54, 1.807) is 25.4 Å². The minimum atomic E-state index is -0.245. The highest BCUT2D eigenvalue weighted by Crippen LogP contribution is 2.33. The van der Waals surface area contributed by atoms with Crippen LogP contribution in [0.2, 0.25) is 0 Å². The second kappa shape index (κ2) is 9.47. The fraction of sp³-hybridized carbons (Fsp3) is 0.429. The summed E-state index contributed by atoms with van der Waals surface area (Å²) in [5.41, 5.74) is 1.54. The van der Waals surface area contributed by atoms with Crippen molar-refractivity contribution in [3.8, 4) is 0 Å². The molecule has 8 nitrogen and oxygen atoms in total. The third kappa shape index (κ3) is 4.52. The summed E-state index contributed by atoms with van der Waals surface area (Å²) in [5, 5.41) is 3.28. The van der Waals surface area contributed by atoms with E-state index in [2.05, 4.69) is 5.32 Å². The van der Waals surface area contributed by atoms with E-state index in [-0.39, 0.29) is 17.6 Å². The second-order valence-electron chi connectivity index (χ2n) is 7.41. The molecule has 2 aromatic rings. The van der Waals surface area contributed by atoms with Gasteiger partial charge in [-0.3, -0.25) is 18.9 Å². The third-order valence-corrected chi connectivity index (χ3v) is 6.65. The fourth-order valence-electron chi connectivity index (χ4n) is 3.60. The van der Waals surface area contributed by atoms with Crippen molar-refractivity contribution in [2.75, 3.05) is 38.7 Å². The summed E-state index contributed by atoms with van der Waals surface area (Å²) in [6, 6.07) is 3.71. The molecule has 4 rings (SSSR count). The van der Waals surface area contributed by atoms with Gasteiger partial charge in [0.25, 0.3) is 11.5 Å². The van der Waals surface area contributed by atoms with Crippen molar-refractivity contribution in [3.63, 3.8) is 0 Å². The molecule has 2 aliphatic heterocycles. The molecule has 2 fully saturated rings. The number of thiocarbonyl (C=S) groups is 1. The number of nitrogens with zero attached hydrogens (tertiary/aromatic N) is 3. The summed E-state index contributed by atoms with van der Waals surface area (Å²) in [6.07, 6.45) is 5.34. The molecule has 0 unspecified atom stereocenters. The van der Waals surface area contributed by atoms with E-state index in [0.717, 1.165) is 25.0 Å². The van der Waals surface area contributed by atoms with Crippen molar-refractivity contribution in [3.05, 3.63) is 44.7 Å². The number of hydrogen-bond acceptors (Lipinski definition) is 8. The zero-order chi connectivity index (χ0) is 22.0. The van der Waals surface area contributed by atoms with Gasteiger partial charge in [0, 0.05) is 26.5 Å². The first kappa shape index (κ1) is 21.9. The Morgan fingerprint density at radius 1 is 1.45 bits per heavy atom. The Balaban J connectivity index is 1.74. The topological polar surface area (TPSA) is 85.2 Å². The predicted molar refractivity (Wildman–Crippen MR) is 125 cm³/mol. The van der Waals surface area contributed by atoms with E-state index < -0.39 is 0 Å². The van der Waals surface area contributed by atoms with Gasteiger partial charge in [0.15, 0.2) is 0 Å². The van der Waals surface area contributed by atoms with Gasteiger partial charge >= 0.3 is 0 Å². The van der Waals surface area contributed by atoms with E-state index in [1.807, 2.05) is 13.0 Å². The molecule has 2 saturated heterocycles. The summed E-state index contributed by atoms with van der Waals surface area (Å²) < 4.78 is 12.7. The SMILES string of the molecule is COCCN1C(=O)/C(=C/c2c(NC[C@@H]3CCCO3)nc3c(C)cccn3c2=O)SC1=S. The van der Waals surface area contributed by atoms with Gasteiger partial charge in [0.1, 0.15) is 15.8 Å². The molecule has 0 bridgehead atoms. The zero-order valence-corrected chi connectivity index (χ0v) is 19.1. The third-order valence-electron chi connectivity index (χ3n) is 5.27. The fourth-order valence-corrected chi connectivity index (χ4v) is 4.89. The van der Waals surface area contributed by atoms with Gasteiger partial charge in [-0.25, -0.2) is 4.98 Å². The summed E-state index contributed by atoms with van der Waals surface area (Å²) in [6.45, 7) is 3.95. The normalized spacial score (nSPS) is 20.4. The highest BCUT2D eigenvalue weighted by Gasteiger charge is 2.32. The Kier molecular flexibility index (Phi) is 6.71. The quantitative estimate of drug-likeness (QED) is 0.498. The lowest BCUT2D eigenvalue weighted by molar-refractivity contribution is -0.122. The van der Waals surface area contributed by atoms with Gasteiger partial charge in [-0.05, 0) is 37.5 Å². The summed E-state index contributed by atoms with van der Waals surface area (Å²) in [5.74, 6) is 0.211. The van der Waals surface area contributed by atoms with Crippen molar-refractivity contribution in [1.82, 2.24) is 14.3 Å². The number of methoxy groups -OCH3 is 1. The average Bonchev–Trinajstić information content (AvgIpc) is 3.36. The number of aromatic nitrogens is 2. The van der Waals surface area contributed by atoms with Crippen LogP contribution >= 0.6 is 24.0 Å². The molecule has 0 aliphatic carbocycles. The first-order chi connectivity index (χ1) is 15.0. The number of pyridine rings is 1. The minimum absolute atomic E-state index is 0.0808. The molecular weight excluding hydrogens is 436 g/mol. The molecule has 2 aromatic heterocycles. The number of amides is 1. The van der Waals surface area contributed by atoms with Crippen LogP contribution in [0.25, 0.3) is 11.7 Å². The van der Waals surface area contributed by atoms with Crippen LogP contribution in [-0.4, -0.2) is 64.0 Å². The van der Waals surface area contributed by atoms with Crippen LogP contribution in [0.5, 0.6) is 0 Å². The average molecular weight is 461 g/mol. The molecule has 4 heterocycles. The Hall–Kier alpha value is -2.27. The summed E-state index contributed by atoms with van der Waals surface area (Å²) in [7, 11) is 1.57. The van der Waals surface area contributed by atoms with Crippen molar-refractivity contribution >= 4 is 51.7 Å². The van der Waals surface area contributed by atoms with Crippen LogP contribution in [-0.2, 0) is 14.3 Å². The standard InChI is InChI=1S/C21H24N4O4S2/c1-13-5-3-7-24-18(13)23-17(22-12-14-6-4-9-29-14)15(19(24)26)11-16-20(27)25(8-10-28-2)21(30)31-16/h3,5,7,11,14,22H,4,6,8-10,12H2,1-2H3/b16-11-/t14-/m0/s1. The number of carbonyl (C=O) groups excluding carboxylic acids is 1. The van der Waals surface area contributed by atoms with Crippen LogP contribution in [0.1, 0.15) is 24.0 Å². The predicted octanol–water partition coefficient (Wildman–Crippen LogP) is 2.44. The maximum Gasteiger partial charge on any atom is 0.267 e. The molecular formula is C21H24N4O4S2. The molecule has 0 radical (unpaired) electrons. The molecule has 1 amide bonds. The number of fused-ring (bicyclic) bond motifs is 1. The number of aryl methyl sites for hydroxylation is 1. The lowest BCUT2D eigenvalue weighted by atomic mass is 10.2. The number of thioether (sulfide) groups is 1. The van der Waals surface area contributed by atoms with E-state index in [9.17, 15) is 9.59 Å².